The molecule has 1 fully saturated rings. The average molecular weight is 526 g/mol. The number of para-hydroxylation sites is 1. The van der Waals surface area contributed by atoms with Gasteiger partial charge in [-0.15, -0.1) is 0 Å². The van der Waals surface area contributed by atoms with Crippen molar-refractivity contribution in [2.45, 2.75) is 58.0 Å². The summed E-state index contributed by atoms with van der Waals surface area (Å²) in [5.74, 6) is 0.684. The van der Waals surface area contributed by atoms with Crippen LogP contribution in [-0.2, 0) is 27.4 Å². The minimum absolute atomic E-state index is 0.0349. The van der Waals surface area contributed by atoms with E-state index in [0.717, 1.165) is 61.6 Å². The highest BCUT2D eigenvalue weighted by Crippen LogP contribution is 2.29. The zero-order chi connectivity index (χ0) is 26.0. The molecule has 2 amide bonds. The Morgan fingerprint density at radius 1 is 0.892 bits per heavy atom. The second-order valence-electron chi connectivity index (χ2n) is 10.4. The molecule has 0 radical (unpaired) electrons. The summed E-state index contributed by atoms with van der Waals surface area (Å²) in [6, 6.07) is 16.0. The monoisotopic (exact) mass is 525 g/mol. The van der Waals surface area contributed by atoms with Crippen LogP contribution in [0.2, 0.25) is 5.02 Å². The van der Waals surface area contributed by atoms with Gasteiger partial charge in [-0.05, 0) is 60.9 Å². The Balaban J connectivity index is 1.57. The van der Waals surface area contributed by atoms with Gasteiger partial charge in [-0.25, -0.2) is 0 Å². The molecule has 200 valence electrons. The lowest BCUT2D eigenvalue weighted by atomic mass is 10.0. The summed E-state index contributed by atoms with van der Waals surface area (Å²) >= 11 is 6.10. The standard InChI is InChI=1S/C30H40ClN3O3/c1-37-23-30(36)34-19-7-17-32(21-25-12-14-27(31)15-13-25)16-6-18-33(22-26-10-4-5-11-28(26)34)29(35)20-24-8-2-3-9-24/h4-5,10-15,24H,2-3,6-9,16-23H2,1H3. The number of anilines is 1. The zero-order valence-corrected chi connectivity index (χ0v) is 22.8. The molecule has 2 aliphatic rings. The summed E-state index contributed by atoms with van der Waals surface area (Å²) in [5, 5.41) is 0.736. The summed E-state index contributed by atoms with van der Waals surface area (Å²) < 4.78 is 5.21. The third-order valence-electron chi connectivity index (χ3n) is 7.58. The van der Waals surface area contributed by atoms with Crippen molar-refractivity contribution in [1.82, 2.24) is 9.80 Å². The highest BCUT2D eigenvalue weighted by atomic mass is 35.5. The molecule has 1 saturated carbocycles. The third-order valence-corrected chi connectivity index (χ3v) is 7.83. The van der Waals surface area contributed by atoms with Crippen LogP contribution in [0.25, 0.3) is 0 Å². The van der Waals surface area contributed by atoms with Crippen LogP contribution >= 0.6 is 11.6 Å². The van der Waals surface area contributed by atoms with Gasteiger partial charge in [0, 0.05) is 63.5 Å². The molecule has 0 N–H and O–H groups in total. The largest absolute Gasteiger partial charge is 0.375 e. The van der Waals surface area contributed by atoms with Crippen LogP contribution < -0.4 is 4.90 Å². The van der Waals surface area contributed by atoms with Gasteiger partial charge in [0.05, 0.1) is 0 Å². The smallest absolute Gasteiger partial charge is 0.252 e. The van der Waals surface area contributed by atoms with Gasteiger partial charge in [0.2, 0.25) is 5.91 Å². The lowest BCUT2D eigenvalue weighted by Gasteiger charge is -2.32. The number of hydrogen-bond donors (Lipinski definition) is 0. The molecule has 0 saturated heterocycles. The van der Waals surface area contributed by atoms with E-state index in [1.54, 1.807) is 7.11 Å². The van der Waals surface area contributed by atoms with E-state index in [9.17, 15) is 9.59 Å². The first-order chi connectivity index (χ1) is 18.0. The summed E-state index contributed by atoms with van der Waals surface area (Å²) in [5.41, 5.74) is 3.11. The molecular formula is C30H40ClN3O3. The minimum Gasteiger partial charge on any atom is -0.375 e. The summed E-state index contributed by atoms with van der Waals surface area (Å²) in [7, 11) is 1.55. The normalized spacial score (nSPS) is 18.2. The van der Waals surface area contributed by atoms with Gasteiger partial charge in [0.25, 0.3) is 5.91 Å². The van der Waals surface area contributed by atoms with Gasteiger partial charge in [-0.2, -0.15) is 0 Å². The third kappa shape index (κ3) is 8.03. The maximum atomic E-state index is 13.5. The number of halogens is 1. The topological polar surface area (TPSA) is 53.1 Å². The van der Waals surface area contributed by atoms with Crippen molar-refractivity contribution in [2.24, 2.45) is 5.92 Å². The molecule has 6 nitrogen and oxygen atoms in total. The first-order valence-electron chi connectivity index (χ1n) is 13.7. The highest BCUT2D eigenvalue weighted by Gasteiger charge is 2.25. The molecule has 1 aliphatic heterocycles. The van der Waals surface area contributed by atoms with Crippen molar-refractivity contribution >= 4 is 29.1 Å². The van der Waals surface area contributed by atoms with Crippen LogP contribution in [0.1, 0.15) is 56.1 Å². The first-order valence-corrected chi connectivity index (χ1v) is 14.0. The van der Waals surface area contributed by atoms with Gasteiger partial charge in [0.15, 0.2) is 0 Å². The SMILES string of the molecule is COCC(=O)N1CCCN(Cc2ccc(Cl)cc2)CCCN(C(=O)CC2CCCC2)Cc2ccccc21. The van der Waals surface area contributed by atoms with Crippen molar-refractivity contribution in [2.75, 3.05) is 44.8 Å². The van der Waals surface area contributed by atoms with E-state index in [4.69, 9.17) is 16.3 Å². The molecular weight excluding hydrogens is 486 g/mol. The molecule has 1 aliphatic carbocycles. The van der Waals surface area contributed by atoms with Gasteiger partial charge in [-0.1, -0.05) is 54.8 Å². The lowest BCUT2D eigenvalue weighted by molar-refractivity contribution is -0.133. The number of amides is 2. The fourth-order valence-corrected chi connectivity index (χ4v) is 5.76. The van der Waals surface area contributed by atoms with E-state index in [-0.39, 0.29) is 18.4 Å². The number of benzene rings is 2. The van der Waals surface area contributed by atoms with Crippen molar-refractivity contribution < 1.29 is 14.3 Å². The van der Waals surface area contributed by atoms with Crippen molar-refractivity contribution in [3.05, 3.63) is 64.7 Å². The number of carbonyl (C=O) groups excluding carboxylic acids is 2. The van der Waals surface area contributed by atoms with Gasteiger partial charge in [0.1, 0.15) is 6.61 Å². The Kier molecular flexibility index (Phi) is 10.4. The highest BCUT2D eigenvalue weighted by molar-refractivity contribution is 6.30. The Hall–Kier alpha value is -2.41. The molecule has 0 spiro atoms. The van der Waals surface area contributed by atoms with Gasteiger partial charge in [-0.3, -0.25) is 14.5 Å². The van der Waals surface area contributed by atoms with Crippen LogP contribution in [0.3, 0.4) is 0 Å². The molecule has 0 bridgehead atoms. The Bertz CT molecular complexity index is 1020. The number of methoxy groups -OCH3 is 1. The quantitative estimate of drug-likeness (QED) is 0.498. The summed E-state index contributed by atoms with van der Waals surface area (Å²) in [6.07, 6.45) is 7.17. The van der Waals surface area contributed by atoms with E-state index in [2.05, 4.69) is 23.1 Å². The van der Waals surface area contributed by atoms with E-state index in [0.29, 0.717) is 32.0 Å². The molecule has 0 unspecified atom stereocenters. The van der Waals surface area contributed by atoms with Crippen molar-refractivity contribution in [3.8, 4) is 0 Å². The second kappa shape index (κ2) is 13.9. The Morgan fingerprint density at radius 2 is 1.59 bits per heavy atom. The number of ether oxygens (including phenoxy) is 1. The van der Waals surface area contributed by atoms with Gasteiger partial charge < -0.3 is 14.5 Å². The lowest BCUT2D eigenvalue weighted by Crippen LogP contribution is -2.40. The molecule has 7 heteroatoms. The van der Waals surface area contributed by atoms with E-state index in [1.807, 2.05) is 40.1 Å². The molecule has 37 heavy (non-hydrogen) atoms. The van der Waals surface area contributed by atoms with Crippen LogP contribution in [0, 0.1) is 5.92 Å². The fourth-order valence-electron chi connectivity index (χ4n) is 5.63. The molecule has 4 rings (SSSR count). The molecule has 0 atom stereocenters. The van der Waals surface area contributed by atoms with Crippen LogP contribution in [0.5, 0.6) is 0 Å². The van der Waals surface area contributed by atoms with E-state index in [1.165, 1.54) is 18.4 Å². The van der Waals surface area contributed by atoms with Crippen molar-refractivity contribution in [1.29, 1.82) is 0 Å². The van der Waals surface area contributed by atoms with Crippen LogP contribution in [0.4, 0.5) is 5.69 Å². The Labute approximate surface area is 226 Å². The van der Waals surface area contributed by atoms with E-state index >= 15 is 0 Å². The summed E-state index contributed by atoms with van der Waals surface area (Å²) in [6.45, 7) is 4.44. The van der Waals surface area contributed by atoms with Crippen LogP contribution in [0.15, 0.2) is 48.5 Å². The molecule has 0 aromatic heterocycles. The van der Waals surface area contributed by atoms with Crippen LogP contribution in [-0.4, -0.2) is 61.5 Å². The fraction of sp³-hybridized carbons (Fsp3) is 0.533. The summed E-state index contributed by atoms with van der Waals surface area (Å²) in [4.78, 5) is 32.9. The zero-order valence-electron chi connectivity index (χ0n) is 22.0. The Morgan fingerprint density at radius 3 is 2.32 bits per heavy atom. The number of nitrogens with zero attached hydrogens (tertiary/aromatic N) is 3. The van der Waals surface area contributed by atoms with E-state index < -0.39 is 0 Å². The number of rotatable bonds is 6. The predicted molar refractivity (Wildman–Crippen MR) is 149 cm³/mol. The average Bonchev–Trinajstić information content (AvgIpc) is 3.40. The molecule has 2 aromatic rings. The predicted octanol–water partition coefficient (Wildman–Crippen LogP) is 5.52. The molecule has 2 aromatic carbocycles. The number of hydrogen-bond acceptors (Lipinski definition) is 4. The van der Waals surface area contributed by atoms with Crippen molar-refractivity contribution in [3.63, 3.8) is 0 Å². The molecule has 1 heterocycles. The second-order valence-corrected chi connectivity index (χ2v) is 10.8. The number of carbonyl (C=O) groups is 2. The first kappa shape index (κ1) is 27.6. The maximum Gasteiger partial charge on any atom is 0.252 e. The maximum absolute atomic E-state index is 13.5. The number of fused-ring (bicyclic) bond motifs is 1. The van der Waals surface area contributed by atoms with Gasteiger partial charge >= 0.3 is 0 Å². The minimum atomic E-state index is -0.0555.